The highest BCUT2D eigenvalue weighted by atomic mass is 16.7. The first kappa shape index (κ1) is 29.7. The highest BCUT2D eigenvalue weighted by Crippen LogP contribution is 2.52. The molecule has 10 heteroatoms. The van der Waals surface area contributed by atoms with Crippen molar-refractivity contribution in [1.29, 1.82) is 5.26 Å². The van der Waals surface area contributed by atoms with Crippen LogP contribution in [0.15, 0.2) is 54.6 Å². The summed E-state index contributed by atoms with van der Waals surface area (Å²) in [6, 6.07) is 16.2. The Morgan fingerprint density at radius 3 is 2.53 bits per heavy atom. The third-order valence-electron chi connectivity index (χ3n) is 10.7. The van der Waals surface area contributed by atoms with Gasteiger partial charge in [0.2, 0.25) is 6.79 Å². The molecule has 0 spiro atoms. The number of rotatable bonds is 6. The predicted molar refractivity (Wildman–Crippen MR) is 174 cm³/mol. The van der Waals surface area contributed by atoms with Crippen molar-refractivity contribution in [2.75, 3.05) is 46.5 Å². The van der Waals surface area contributed by atoms with Crippen LogP contribution in [0.1, 0.15) is 51.4 Å². The summed E-state index contributed by atoms with van der Waals surface area (Å²) >= 11 is 0. The Morgan fingerprint density at radius 1 is 1.00 bits per heavy atom. The van der Waals surface area contributed by atoms with Gasteiger partial charge in [-0.25, -0.2) is 4.79 Å². The summed E-state index contributed by atoms with van der Waals surface area (Å²) < 4.78 is 29.0. The number of anilines is 1. The third kappa shape index (κ3) is 4.79. The molecule has 8 rings (SSSR count). The Morgan fingerprint density at radius 2 is 1.74 bits per heavy atom. The maximum atomic E-state index is 13.3. The van der Waals surface area contributed by atoms with E-state index in [0.29, 0.717) is 35.8 Å². The number of benzene rings is 3. The van der Waals surface area contributed by atoms with E-state index < -0.39 is 12.0 Å². The molecule has 0 aliphatic carbocycles. The van der Waals surface area contributed by atoms with Gasteiger partial charge in [-0.3, -0.25) is 9.80 Å². The van der Waals surface area contributed by atoms with Gasteiger partial charge in [0, 0.05) is 36.3 Å². The van der Waals surface area contributed by atoms with Crippen LogP contribution in [0.4, 0.5) is 5.69 Å². The van der Waals surface area contributed by atoms with E-state index in [1.807, 2.05) is 12.1 Å². The maximum absolute atomic E-state index is 13.3. The van der Waals surface area contributed by atoms with Crippen molar-refractivity contribution >= 4 is 11.7 Å². The van der Waals surface area contributed by atoms with Crippen LogP contribution >= 0.6 is 0 Å². The van der Waals surface area contributed by atoms with Gasteiger partial charge >= 0.3 is 5.97 Å². The molecule has 242 valence electrons. The Kier molecular flexibility index (Phi) is 7.27. The lowest BCUT2D eigenvalue weighted by Crippen LogP contribution is -2.68. The molecule has 1 fully saturated rings. The number of methoxy groups -OCH3 is 2. The minimum absolute atomic E-state index is 0.0248. The van der Waals surface area contributed by atoms with E-state index in [9.17, 15) is 10.1 Å². The molecule has 5 aliphatic heterocycles. The molecule has 10 nitrogen and oxygen atoms in total. The number of hydrogen-bond acceptors (Lipinski definition) is 10. The third-order valence-corrected chi connectivity index (χ3v) is 10.7. The van der Waals surface area contributed by atoms with E-state index in [1.165, 1.54) is 16.7 Å². The van der Waals surface area contributed by atoms with Gasteiger partial charge in [0.25, 0.3) is 0 Å². The van der Waals surface area contributed by atoms with Crippen LogP contribution in [0.25, 0.3) is 0 Å². The zero-order valence-electron chi connectivity index (χ0n) is 27.0. The molecule has 6 atom stereocenters. The van der Waals surface area contributed by atoms with Crippen molar-refractivity contribution in [3.63, 3.8) is 0 Å². The van der Waals surface area contributed by atoms with Gasteiger partial charge in [-0.15, -0.1) is 0 Å². The van der Waals surface area contributed by atoms with Gasteiger partial charge in [0.05, 0.1) is 32.4 Å². The number of carbonyl (C=O) groups excluding carboxylic acids is 1. The fourth-order valence-corrected chi connectivity index (χ4v) is 8.46. The van der Waals surface area contributed by atoms with E-state index in [2.05, 4.69) is 71.6 Å². The second kappa shape index (κ2) is 11.5. The highest BCUT2D eigenvalue weighted by molar-refractivity contribution is 5.82. The van der Waals surface area contributed by atoms with Crippen molar-refractivity contribution < 1.29 is 28.5 Å². The number of fused-ring (bicyclic) bond motifs is 9. The standard InChI is InChI=1S/C37H38N4O6/c1-20-5-7-27-24(9-20)21(17-39-27)6-8-36(42)45-18-31-25-14-35-34(46-19-47-35)13-22(25)11-29-37-26-15-33(44-4)32(43-3)12-23(26)10-28(40(37)2)30(16-38)41(29)31/h5-9,12-15,21,28-31,37,39H,10-11,17-19H2,1-4H3/b8-6+/t21?,28-,29?,30-,31?,37+/m0/s1. The van der Waals surface area contributed by atoms with Crippen molar-refractivity contribution in [3.05, 3.63) is 88.0 Å². The number of aryl methyl sites for hydroxylation is 1. The first-order valence-corrected chi connectivity index (χ1v) is 16.1. The highest BCUT2D eigenvalue weighted by Gasteiger charge is 2.55. The number of esters is 1. The van der Waals surface area contributed by atoms with Crippen LogP contribution in [0.2, 0.25) is 0 Å². The SMILES string of the molecule is COc1cc2c(cc1OC)[C@@H]1C3Cc4cc5c(cc4C(COC(=O)/C=C/C4CNc6ccc(C)cc64)N3[C@@H](C#N)[C@H](C2)N1C)OCO5. The van der Waals surface area contributed by atoms with Crippen LogP contribution in [-0.4, -0.2) is 75.1 Å². The number of piperazine rings is 1. The second-order valence-corrected chi connectivity index (χ2v) is 13.1. The molecular weight excluding hydrogens is 596 g/mol. The fraction of sp³-hybridized carbons (Fsp3) is 0.405. The van der Waals surface area contributed by atoms with Gasteiger partial charge in [0.1, 0.15) is 12.6 Å². The summed E-state index contributed by atoms with van der Waals surface area (Å²) in [5.41, 5.74) is 7.90. The summed E-state index contributed by atoms with van der Waals surface area (Å²) in [5, 5.41) is 14.2. The number of ether oxygens (including phenoxy) is 5. The average Bonchev–Trinajstić information content (AvgIpc) is 3.71. The summed E-state index contributed by atoms with van der Waals surface area (Å²) in [6.07, 6.45) is 4.84. The quantitative estimate of drug-likeness (QED) is 0.300. The molecule has 0 aromatic heterocycles. The number of nitrogens with zero attached hydrogens (tertiary/aromatic N) is 3. The van der Waals surface area contributed by atoms with E-state index in [4.69, 9.17) is 23.7 Å². The Balaban J connectivity index is 1.14. The van der Waals surface area contributed by atoms with Crippen molar-refractivity contribution in [2.24, 2.45) is 0 Å². The molecule has 0 radical (unpaired) electrons. The van der Waals surface area contributed by atoms with E-state index >= 15 is 0 Å². The van der Waals surface area contributed by atoms with Gasteiger partial charge < -0.3 is 29.0 Å². The van der Waals surface area contributed by atoms with Crippen LogP contribution < -0.4 is 24.3 Å². The molecule has 1 saturated heterocycles. The molecule has 3 aromatic carbocycles. The second-order valence-electron chi connectivity index (χ2n) is 13.1. The van der Waals surface area contributed by atoms with Crippen molar-refractivity contribution in [1.82, 2.24) is 9.80 Å². The Labute approximate surface area is 274 Å². The monoisotopic (exact) mass is 634 g/mol. The summed E-state index contributed by atoms with van der Waals surface area (Å²) in [7, 11) is 5.41. The average molecular weight is 635 g/mol. The number of likely N-dealkylation sites (N-methyl/N-ethyl adjacent to an activating group) is 1. The first-order valence-electron chi connectivity index (χ1n) is 16.1. The molecule has 1 N–H and O–H groups in total. The topological polar surface area (TPSA) is 106 Å². The molecule has 0 saturated carbocycles. The van der Waals surface area contributed by atoms with Gasteiger partial charge in [-0.2, -0.15) is 5.26 Å². The summed E-state index contributed by atoms with van der Waals surface area (Å²) in [5.74, 6) is 2.44. The molecule has 5 aliphatic rings. The lowest BCUT2D eigenvalue weighted by molar-refractivity contribution is -0.143. The lowest BCUT2D eigenvalue weighted by Gasteiger charge is -2.59. The minimum atomic E-state index is -0.440. The van der Waals surface area contributed by atoms with Crippen LogP contribution in [0.3, 0.4) is 0 Å². The van der Waals surface area contributed by atoms with Crippen LogP contribution in [-0.2, 0) is 22.4 Å². The molecule has 3 unspecified atom stereocenters. The van der Waals surface area contributed by atoms with Crippen LogP contribution in [0.5, 0.6) is 23.0 Å². The Hall–Kier alpha value is -4.72. The number of hydrogen-bond donors (Lipinski definition) is 1. The summed E-state index contributed by atoms with van der Waals surface area (Å²) in [4.78, 5) is 17.9. The van der Waals surface area contributed by atoms with Gasteiger partial charge in [-0.1, -0.05) is 23.8 Å². The van der Waals surface area contributed by atoms with E-state index in [1.54, 1.807) is 20.3 Å². The van der Waals surface area contributed by atoms with E-state index in [0.717, 1.165) is 28.9 Å². The molecule has 0 amide bonds. The molecule has 3 aromatic rings. The lowest BCUT2D eigenvalue weighted by atomic mass is 9.72. The zero-order valence-corrected chi connectivity index (χ0v) is 27.0. The van der Waals surface area contributed by atoms with Gasteiger partial charge in [-0.05, 0) is 85.0 Å². The number of nitrogens with one attached hydrogen (secondary N) is 1. The van der Waals surface area contributed by atoms with E-state index in [-0.39, 0.29) is 43.5 Å². The fourth-order valence-electron chi connectivity index (χ4n) is 8.46. The smallest absolute Gasteiger partial charge is 0.330 e. The van der Waals surface area contributed by atoms with Crippen LogP contribution in [0, 0.1) is 18.3 Å². The zero-order chi connectivity index (χ0) is 32.4. The number of nitriles is 1. The minimum Gasteiger partial charge on any atom is -0.493 e. The van der Waals surface area contributed by atoms with Gasteiger partial charge in [0.15, 0.2) is 23.0 Å². The summed E-state index contributed by atoms with van der Waals surface area (Å²) in [6.45, 7) is 3.07. The molecule has 2 bridgehead atoms. The molecule has 5 heterocycles. The normalized spacial score (nSPS) is 26.8. The van der Waals surface area contributed by atoms with Crippen molar-refractivity contribution in [3.8, 4) is 29.1 Å². The predicted octanol–water partition coefficient (Wildman–Crippen LogP) is 4.82. The Bertz CT molecular complexity index is 1830. The van der Waals surface area contributed by atoms with Crippen molar-refractivity contribution in [2.45, 2.75) is 55.9 Å². The number of carbonyl (C=O) groups is 1. The molecular formula is C37H38N4O6. The first-order chi connectivity index (χ1) is 22.9. The molecule has 47 heavy (non-hydrogen) atoms. The largest absolute Gasteiger partial charge is 0.493 e. The maximum Gasteiger partial charge on any atom is 0.330 e.